The highest BCUT2D eigenvalue weighted by Crippen LogP contribution is 2.18. The van der Waals surface area contributed by atoms with Gasteiger partial charge in [-0.3, -0.25) is 4.98 Å². The molecule has 2 nitrogen and oxygen atoms in total. The van der Waals surface area contributed by atoms with E-state index in [4.69, 9.17) is 0 Å². The molecule has 0 fully saturated rings. The molecule has 0 atom stereocenters. The van der Waals surface area contributed by atoms with Crippen molar-refractivity contribution >= 4 is 10.9 Å². The fourth-order valence-electron chi connectivity index (χ4n) is 1.58. The van der Waals surface area contributed by atoms with Gasteiger partial charge < -0.3 is 4.57 Å². The Kier molecular flexibility index (Phi) is 1.43. The maximum atomic E-state index is 4.26. The minimum absolute atomic E-state index is 1.08. The average Bonchev–Trinajstić information content (AvgIpc) is 2.28. The van der Waals surface area contributed by atoms with Gasteiger partial charge in [-0.05, 0) is 25.5 Å². The first-order valence-electron chi connectivity index (χ1n) is 4.07. The quantitative estimate of drug-likeness (QED) is 0.577. The van der Waals surface area contributed by atoms with E-state index in [2.05, 4.69) is 28.7 Å². The standard InChI is InChI=1S/C10H12N2/c1-7-6-12(3)10-5-11-8(2)4-9(7)10/h4-6H,1-3H3. The minimum Gasteiger partial charge on any atom is -0.349 e. The highest BCUT2D eigenvalue weighted by Gasteiger charge is 2.02. The lowest BCUT2D eigenvalue weighted by Gasteiger charge is -1.95. The lowest BCUT2D eigenvalue weighted by Crippen LogP contribution is -1.85. The van der Waals surface area contributed by atoms with Crippen molar-refractivity contribution in [3.8, 4) is 0 Å². The third-order valence-electron chi connectivity index (χ3n) is 2.21. The van der Waals surface area contributed by atoms with Crippen molar-refractivity contribution in [2.45, 2.75) is 13.8 Å². The Labute approximate surface area is 71.8 Å². The van der Waals surface area contributed by atoms with Crippen LogP contribution in [0.5, 0.6) is 0 Å². The summed E-state index contributed by atoms with van der Waals surface area (Å²) in [5, 5.41) is 1.31. The summed E-state index contributed by atoms with van der Waals surface area (Å²) in [5.41, 5.74) is 3.60. The van der Waals surface area contributed by atoms with Crippen LogP contribution in [0.1, 0.15) is 11.3 Å². The molecule has 0 saturated carbocycles. The topological polar surface area (TPSA) is 17.8 Å². The third-order valence-corrected chi connectivity index (χ3v) is 2.21. The number of pyridine rings is 1. The lowest BCUT2D eigenvalue weighted by atomic mass is 10.2. The molecule has 0 unspecified atom stereocenters. The first-order chi connectivity index (χ1) is 5.68. The van der Waals surface area contributed by atoms with Crippen molar-refractivity contribution in [3.05, 3.63) is 29.7 Å². The predicted octanol–water partition coefficient (Wildman–Crippen LogP) is 2.19. The normalized spacial score (nSPS) is 10.9. The first-order valence-corrected chi connectivity index (χ1v) is 4.07. The van der Waals surface area contributed by atoms with Gasteiger partial charge in [0, 0.05) is 24.3 Å². The molecule has 2 heterocycles. The summed E-state index contributed by atoms with van der Waals surface area (Å²) in [5.74, 6) is 0. The van der Waals surface area contributed by atoms with Gasteiger partial charge in [-0.15, -0.1) is 0 Å². The highest BCUT2D eigenvalue weighted by molar-refractivity contribution is 5.83. The summed E-state index contributed by atoms with van der Waals surface area (Å²) in [4.78, 5) is 4.26. The Hall–Kier alpha value is -1.31. The fraction of sp³-hybridized carbons (Fsp3) is 0.300. The summed E-state index contributed by atoms with van der Waals surface area (Å²) in [6.07, 6.45) is 4.06. The molecular weight excluding hydrogens is 148 g/mol. The highest BCUT2D eigenvalue weighted by atomic mass is 14.9. The van der Waals surface area contributed by atoms with Gasteiger partial charge in [0.15, 0.2) is 0 Å². The van der Waals surface area contributed by atoms with Crippen LogP contribution in [0.4, 0.5) is 0 Å². The zero-order valence-corrected chi connectivity index (χ0v) is 7.63. The van der Waals surface area contributed by atoms with E-state index in [0.717, 1.165) is 5.69 Å². The Morgan fingerprint density at radius 2 is 2.08 bits per heavy atom. The van der Waals surface area contributed by atoms with Gasteiger partial charge in [-0.2, -0.15) is 0 Å². The van der Waals surface area contributed by atoms with Crippen LogP contribution in [-0.4, -0.2) is 9.55 Å². The van der Waals surface area contributed by atoms with Crippen LogP contribution in [0.15, 0.2) is 18.5 Å². The monoisotopic (exact) mass is 160 g/mol. The van der Waals surface area contributed by atoms with E-state index in [1.807, 2.05) is 20.2 Å². The summed E-state index contributed by atoms with van der Waals surface area (Å²) >= 11 is 0. The number of hydrogen-bond acceptors (Lipinski definition) is 1. The zero-order chi connectivity index (χ0) is 8.72. The molecule has 2 heteroatoms. The molecule has 0 aliphatic heterocycles. The van der Waals surface area contributed by atoms with E-state index in [1.165, 1.54) is 16.5 Å². The van der Waals surface area contributed by atoms with Crippen LogP contribution in [0.25, 0.3) is 10.9 Å². The molecule has 0 aliphatic rings. The molecule has 0 aromatic carbocycles. The summed E-state index contributed by atoms with van der Waals surface area (Å²) in [6.45, 7) is 4.15. The molecule has 2 rings (SSSR count). The number of aryl methyl sites for hydroxylation is 3. The molecule has 0 saturated heterocycles. The second-order valence-electron chi connectivity index (χ2n) is 3.27. The average molecular weight is 160 g/mol. The van der Waals surface area contributed by atoms with Crippen LogP contribution in [0.2, 0.25) is 0 Å². The maximum Gasteiger partial charge on any atom is 0.0667 e. The molecule has 2 aromatic rings. The van der Waals surface area contributed by atoms with E-state index < -0.39 is 0 Å². The van der Waals surface area contributed by atoms with Gasteiger partial charge in [-0.25, -0.2) is 0 Å². The van der Waals surface area contributed by atoms with Crippen molar-refractivity contribution in [2.24, 2.45) is 7.05 Å². The van der Waals surface area contributed by atoms with Crippen molar-refractivity contribution < 1.29 is 0 Å². The van der Waals surface area contributed by atoms with Crippen LogP contribution >= 0.6 is 0 Å². The fourth-order valence-corrected chi connectivity index (χ4v) is 1.58. The summed E-state index contributed by atoms with van der Waals surface area (Å²) < 4.78 is 2.11. The molecular formula is C10H12N2. The van der Waals surface area contributed by atoms with E-state index in [-0.39, 0.29) is 0 Å². The van der Waals surface area contributed by atoms with Crippen LogP contribution in [0, 0.1) is 13.8 Å². The van der Waals surface area contributed by atoms with E-state index in [9.17, 15) is 0 Å². The number of hydrogen-bond donors (Lipinski definition) is 0. The minimum atomic E-state index is 1.08. The molecule has 0 spiro atoms. The molecule has 0 radical (unpaired) electrons. The van der Waals surface area contributed by atoms with Crippen LogP contribution < -0.4 is 0 Å². The van der Waals surface area contributed by atoms with Gasteiger partial charge in [0.25, 0.3) is 0 Å². The first kappa shape index (κ1) is 7.35. The molecule has 0 N–H and O–H groups in total. The van der Waals surface area contributed by atoms with Crippen LogP contribution in [-0.2, 0) is 7.05 Å². The maximum absolute atomic E-state index is 4.26. The SMILES string of the molecule is Cc1cc2c(C)cn(C)c2cn1. The number of aromatic nitrogens is 2. The van der Waals surface area contributed by atoms with E-state index in [0.29, 0.717) is 0 Å². The Morgan fingerprint density at radius 1 is 1.33 bits per heavy atom. The van der Waals surface area contributed by atoms with Gasteiger partial charge in [-0.1, -0.05) is 0 Å². The van der Waals surface area contributed by atoms with Crippen molar-refractivity contribution in [2.75, 3.05) is 0 Å². The van der Waals surface area contributed by atoms with Crippen LogP contribution in [0.3, 0.4) is 0 Å². The summed E-state index contributed by atoms with van der Waals surface area (Å²) in [6, 6.07) is 2.13. The van der Waals surface area contributed by atoms with Crippen molar-refractivity contribution in [1.82, 2.24) is 9.55 Å². The number of nitrogens with zero attached hydrogens (tertiary/aromatic N) is 2. The Morgan fingerprint density at radius 3 is 2.83 bits per heavy atom. The lowest BCUT2D eigenvalue weighted by molar-refractivity contribution is 0.959. The van der Waals surface area contributed by atoms with Crippen molar-refractivity contribution in [3.63, 3.8) is 0 Å². The zero-order valence-electron chi connectivity index (χ0n) is 7.63. The predicted molar refractivity (Wildman–Crippen MR) is 50.2 cm³/mol. The molecule has 2 aromatic heterocycles. The van der Waals surface area contributed by atoms with Gasteiger partial charge >= 0.3 is 0 Å². The molecule has 62 valence electrons. The Balaban J connectivity index is 2.90. The number of rotatable bonds is 0. The number of fused-ring (bicyclic) bond motifs is 1. The van der Waals surface area contributed by atoms with E-state index in [1.54, 1.807) is 0 Å². The second kappa shape index (κ2) is 2.34. The van der Waals surface area contributed by atoms with Crippen molar-refractivity contribution in [1.29, 1.82) is 0 Å². The smallest absolute Gasteiger partial charge is 0.0667 e. The largest absolute Gasteiger partial charge is 0.349 e. The third kappa shape index (κ3) is 0.916. The molecule has 0 amide bonds. The molecule has 0 aliphatic carbocycles. The second-order valence-corrected chi connectivity index (χ2v) is 3.27. The summed E-state index contributed by atoms with van der Waals surface area (Å²) in [7, 11) is 2.05. The van der Waals surface area contributed by atoms with Gasteiger partial charge in [0.2, 0.25) is 0 Å². The van der Waals surface area contributed by atoms with E-state index >= 15 is 0 Å². The van der Waals surface area contributed by atoms with Gasteiger partial charge in [0.05, 0.1) is 11.7 Å². The molecule has 0 bridgehead atoms. The Bertz CT molecular complexity index is 427. The van der Waals surface area contributed by atoms with Gasteiger partial charge in [0.1, 0.15) is 0 Å². The molecule has 12 heavy (non-hydrogen) atoms.